The Morgan fingerprint density at radius 2 is 2.17 bits per heavy atom. The number of nitrogens with one attached hydrogen (secondary N) is 1. The van der Waals surface area contributed by atoms with Crippen LogP contribution in [-0.4, -0.2) is 29.1 Å². The zero-order valence-corrected chi connectivity index (χ0v) is 16.3. The summed E-state index contributed by atoms with van der Waals surface area (Å²) in [6.45, 7) is 5.31. The minimum Gasteiger partial charge on any atom is -0.459 e. The van der Waals surface area contributed by atoms with Crippen molar-refractivity contribution in [2.75, 3.05) is 18.0 Å². The maximum Gasteiger partial charge on any atom is 0.266 e. The average molecular weight is 395 g/mol. The molecule has 1 saturated heterocycles. The molecule has 3 aromatic heterocycles. The lowest BCUT2D eigenvalue weighted by atomic mass is 9.96. The molecule has 9 heteroatoms. The summed E-state index contributed by atoms with van der Waals surface area (Å²) >= 11 is 0. The van der Waals surface area contributed by atoms with Gasteiger partial charge in [-0.15, -0.1) is 0 Å². The minimum absolute atomic E-state index is 0.0130. The third-order valence-electron chi connectivity index (χ3n) is 5.22. The molecular formula is C20H21N5O4. The molecule has 1 aliphatic heterocycles. The van der Waals surface area contributed by atoms with Gasteiger partial charge < -0.3 is 23.6 Å². The number of aromatic nitrogens is 2. The molecule has 3 aromatic rings. The van der Waals surface area contributed by atoms with E-state index in [2.05, 4.69) is 21.5 Å². The van der Waals surface area contributed by atoms with Crippen molar-refractivity contribution in [3.05, 3.63) is 41.1 Å². The largest absolute Gasteiger partial charge is 0.459 e. The third kappa shape index (κ3) is 3.74. The van der Waals surface area contributed by atoms with Crippen molar-refractivity contribution in [2.45, 2.75) is 33.2 Å². The Kier molecular flexibility index (Phi) is 5.08. The van der Waals surface area contributed by atoms with E-state index in [1.165, 1.54) is 6.26 Å². The molecule has 29 heavy (non-hydrogen) atoms. The molecule has 0 radical (unpaired) electrons. The number of anilines is 1. The maximum absolute atomic E-state index is 12.6. The van der Waals surface area contributed by atoms with Crippen LogP contribution in [0.25, 0.3) is 11.7 Å². The number of piperidine rings is 1. The van der Waals surface area contributed by atoms with Crippen molar-refractivity contribution in [2.24, 2.45) is 5.92 Å². The van der Waals surface area contributed by atoms with E-state index in [0.29, 0.717) is 44.1 Å². The van der Waals surface area contributed by atoms with Crippen LogP contribution in [0.3, 0.4) is 0 Å². The van der Waals surface area contributed by atoms with Crippen LogP contribution in [0.5, 0.6) is 0 Å². The lowest BCUT2D eigenvalue weighted by Crippen LogP contribution is -2.40. The summed E-state index contributed by atoms with van der Waals surface area (Å²) in [7, 11) is 0. The number of amides is 1. The van der Waals surface area contributed by atoms with E-state index >= 15 is 0 Å². The number of nitriles is 1. The van der Waals surface area contributed by atoms with Crippen molar-refractivity contribution < 1.29 is 18.2 Å². The van der Waals surface area contributed by atoms with Crippen LogP contribution < -0.4 is 10.2 Å². The van der Waals surface area contributed by atoms with Crippen molar-refractivity contribution in [3.63, 3.8) is 0 Å². The van der Waals surface area contributed by atoms with Crippen LogP contribution in [0.1, 0.15) is 35.6 Å². The van der Waals surface area contributed by atoms with E-state index in [1.54, 1.807) is 12.1 Å². The summed E-state index contributed by atoms with van der Waals surface area (Å²) in [6.07, 6.45) is 2.85. The van der Waals surface area contributed by atoms with E-state index in [4.69, 9.17) is 13.4 Å². The summed E-state index contributed by atoms with van der Waals surface area (Å²) in [4.78, 5) is 18.7. The van der Waals surface area contributed by atoms with Gasteiger partial charge in [0.1, 0.15) is 11.8 Å². The molecule has 0 unspecified atom stereocenters. The molecule has 4 heterocycles. The molecule has 0 saturated carbocycles. The fraction of sp³-hybridized carbons (Fsp3) is 0.400. The number of furan rings is 1. The van der Waals surface area contributed by atoms with Gasteiger partial charge in [0.2, 0.25) is 17.5 Å². The number of carbonyl (C=O) groups excluding carboxylic acids is 1. The Bertz CT molecular complexity index is 1020. The molecule has 4 rings (SSSR count). The van der Waals surface area contributed by atoms with Gasteiger partial charge in [0.15, 0.2) is 5.76 Å². The van der Waals surface area contributed by atoms with E-state index in [1.807, 2.05) is 18.7 Å². The molecular weight excluding hydrogens is 374 g/mol. The predicted molar refractivity (Wildman–Crippen MR) is 102 cm³/mol. The van der Waals surface area contributed by atoms with E-state index in [9.17, 15) is 10.1 Å². The smallest absolute Gasteiger partial charge is 0.266 e. The van der Waals surface area contributed by atoms with Gasteiger partial charge in [-0.3, -0.25) is 4.79 Å². The first-order valence-electron chi connectivity index (χ1n) is 9.46. The van der Waals surface area contributed by atoms with Gasteiger partial charge in [0.05, 0.1) is 12.0 Å². The second kappa shape index (κ2) is 7.83. The molecule has 0 atom stereocenters. The molecule has 1 N–H and O–H groups in total. The van der Waals surface area contributed by atoms with Gasteiger partial charge in [-0.05, 0) is 38.8 Å². The normalized spacial score (nSPS) is 14.7. The minimum atomic E-state index is -0.0928. The molecule has 9 nitrogen and oxygen atoms in total. The molecule has 0 bridgehead atoms. The van der Waals surface area contributed by atoms with Crippen molar-refractivity contribution in [3.8, 4) is 17.7 Å². The second-order valence-corrected chi connectivity index (χ2v) is 7.04. The number of hydrogen-bond donors (Lipinski definition) is 1. The number of oxazole rings is 1. The van der Waals surface area contributed by atoms with Crippen LogP contribution in [0.4, 0.5) is 5.88 Å². The molecule has 1 fully saturated rings. The summed E-state index contributed by atoms with van der Waals surface area (Å²) in [5.41, 5.74) is 1.93. The zero-order chi connectivity index (χ0) is 20.4. The van der Waals surface area contributed by atoms with E-state index in [-0.39, 0.29) is 23.4 Å². The number of hydrogen-bond acceptors (Lipinski definition) is 8. The third-order valence-corrected chi connectivity index (χ3v) is 5.22. The van der Waals surface area contributed by atoms with Crippen LogP contribution in [-0.2, 0) is 11.3 Å². The molecule has 0 spiro atoms. The Morgan fingerprint density at radius 3 is 2.79 bits per heavy atom. The first-order valence-corrected chi connectivity index (χ1v) is 9.46. The fourth-order valence-corrected chi connectivity index (χ4v) is 3.52. The molecule has 0 aliphatic carbocycles. The fourth-order valence-electron chi connectivity index (χ4n) is 3.52. The molecule has 0 aromatic carbocycles. The van der Waals surface area contributed by atoms with Gasteiger partial charge in [0, 0.05) is 31.1 Å². The van der Waals surface area contributed by atoms with Gasteiger partial charge in [-0.25, -0.2) is 0 Å². The number of nitrogens with zero attached hydrogens (tertiary/aromatic N) is 4. The van der Waals surface area contributed by atoms with Gasteiger partial charge in [0.25, 0.3) is 5.89 Å². The van der Waals surface area contributed by atoms with Crippen LogP contribution in [0.2, 0.25) is 0 Å². The maximum atomic E-state index is 12.6. The molecule has 1 amide bonds. The number of rotatable bonds is 5. The Balaban J connectivity index is 1.37. The highest BCUT2D eigenvalue weighted by atomic mass is 16.5. The lowest BCUT2D eigenvalue weighted by Gasteiger charge is -2.30. The van der Waals surface area contributed by atoms with E-state index < -0.39 is 0 Å². The van der Waals surface area contributed by atoms with Crippen LogP contribution >= 0.6 is 0 Å². The average Bonchev–Trinajstić information content (AvgIpc) is 3.47. The SMILES string of the molecule is Cc1noc(C)c1CNC(=O)C1CCN(c2oc(-c3ccco3)nc2C#N)CC1. The topological polar surface area (TPSA) is 121 Å². The highest BCUT2D eigenvalue weighted by Gasteiger charge is 2.29. The van der Waals surface area contributed by atoms with Crippen molar-refractivity contribution >= 4 is 11.8 Å². The van der Waals surface area contributed by atoms with Gasteiger partial charge in [-0.1, -0.05) is 5.16 Å². The summed E-state index contributed by atoms with van der Waals surface area (Å²) in [5.74, 6) is 1.82. The second-order valence-electron chi connectivity index (χ2n) is 7.04. The summed E-state index contributed by atoms with van der Waals surface area (Å²) < 4.78 is 16.2. The highest BCUT2D eigenvalue weighted by Crippen LogP contribution is 2.31. The van der Waals surface area contributed by atoms with Gasteiger partial charge >= 0.3 is 0 Å². The summed E-state index contributed by atoms with van der Waals surface area (Å²) in [6, 6.07) is 5.54. The quantitative estimate of drug-likeness (QED) is 0.700. The Labute approximate surface area is 167 Å². The van der Waals surface area contributed by atoms with Crippen LogP contribution in [0.15, 0.2) is 31.8 Å². The molecule has 150 valence electrons. The van der Waals surface area contributed by atoms with E-state index in [0.717, 1.165) is 17.0 Å². The Morgan fingerprint density at radius 1 is 1.38 bits per heavy atom. The van der Waals surface area contributed by atoms with Crippen molar-refractivity contribution in [1.82, 2.24) is 15.5 Å². The number of aryl methyl sites for hydroxylation is 2. The summed E-state index contributed by atoms with van der Waals surface area (Å²) in [5, 5.41) is 16.3. The standard InChI is InChI=1S/C20H21N5O4/c1-12-15(13(2)29-24-12)11-22-18(26)14-5-7-25(8-6-14)20-16(10-21)23-19(28-20)17-4-3-9-27-17/h3-4,9,14H,5-8,11H2,1-2H3,(H,22,26). The monoisotopic (exact) mass is 395 g/mol. The van der Waals surface area contributed by atoms with Crippen molar-refractivity contribution in [1.29, 1.82) is 5.26 Å². The first kappa shape index (κ1) is 18.8. The van der Waals surface area contributed by atoms with Crippen LogP contribution in [0, 0.1) is 31.1 Å². The number of carbonyl (C=O) groups is 1. The first-order chi connectivity index (χ1) is 14.1. The Hall–Kier alpha value is -3.54. The molecule has 1 aliphatic rings. The van der Waals surface area contributed by atoms with Gasteiger partial charge in [-0.2, -0.15) is 10.2 Å². The lowest BCUT2D eigenvalue weighted by molar-refractivity contribution is -0.125. The highest BCUT2D eigenvalue weighted by molar-refractivity contribution is 5.79. The zero-order valence-electron chi connectivity index (χ0n) is 16.3. The predicted octanol–water partition coefficient (Wildman–Crippen LogP) is 2.94.